The minimum atomic E-state index is -0.477. The van der Waals surface area contributed by atoms with E-state index in [1.54, 1.807) is 18.2 Å². The third-order valence-corrected chi connectivity index (χ3v) is 3.09. The summed E-state index contributed by atoms with van der Waals surface area (Å²) in [5.41, 5.74) is 0.688. The van der Waals surface area contributed by atoms with Crippen molar-refractivity contribution in [1.82, 2.24) is 0 Å². The van der Waals surface area contributed by atoms with E-state index in [0.29, 0.717) is 24.3 Å². The molecule has 0 atom stereocenters. The normalized spacial score (nSPS) is 10.3. The minimum Gasteiger partial charge on any atom is -0.462 e. The van der Waals surface area contributed by atoms with E-state index in [1.165, 1.54) is 13.2 Å². The standard InChI is InChI=1S/C17H24O5/c1-3-4-5-6-10-21-16(18)14-8-7-9-15(13-14)17(19)22-12-11-20-2/h7-9,13H,3-6,10-12H2,1-2H3. The van der Waals surface area contributed by atoms with Crippen LogP contribution < -0.4 is 0 Å². The van der Waals surface area contributed by atoms with Crippen LogP contribution in [0.1, 0.15) is 53.3 Å². The first kappa shape index (κ1) is 18.2. The van der Waals surface area contributed by atoms with E-state index in [0.717, 1.165) is 25.7 Å². The van der Waals surface area contributed by atoms with Gasteiger partial charge in [-0.15, -0.1) is 0 Å². The zero-order chi connectivity index (χ0) is 16.2. The number of carbonyl (C=O) groups is 2. The smallest absolute Gasteiger partial charge is 0.338 e. The first-order valence-corrected chi connectivity index (χ1v) is 7.62. The average molecular weight is 308 g/mol. The monoisotopic (exact) mass is 308 g/mol. The number of rotatable bonds is 10. The lowest BCUT2D eigenvalue weighted by Gasteiger charge is -2.07. The molecule has 0 heterocycles. The van der Waals surface area contributed by atoms with Crippen molar-refractivity contribution in [3.63, 3.8) is 0 Å². The van der Waals surface area contributed by atoms with Crippen molar-refractivity contribution in [2.24, 2.45) is 0 Å². The molecule has 122 valence electrons. The molecule has 0 bridgehead atoms. The molecule has 0 aliphatic heterocycles. The summed E-state index contributed by atoms with van der Waals surface area (Å²) < 4.78 is 15.0. The number of esters is 2. The van der Waals surface area contributed by atoms with Gasteiger partial charge in [0.1, 0.15) is 6.61 Å². The van der Waals surface area contributed by atoms with E-state index >= 15 is 0 Å². The maximum atomic E-state index is 11.9. The molecule has 0 aromatic heterocycles. The van der Waals surface area contributed by atoms with Crippen LogP contribution in [-0.2, 0) is 14.2 Å². The van der Waals surface area contributed by atoms with Gasteiger partial charge in [0.05, 0.1) is 24.3 Å². The fraction of sp³-hybridized carbons (Fsp3) is 0.529. The Morgan fingerprint density at radius 3 is 2.14 bits per heavy atom. The van der Waals surface area contributed by atoms with Crippen molar-refractivity contribution < 1.29 is 23.8 Å². The predicted molar refractivity (Wildman–Crippen MR) is 83.0 cm³/mol. The molecule has 5 nitrogen and oxygen atoms in total. The van der Waals surface area contributed by atoms with Gasteiger partial charge in [-0.1, -0.05) is 32.3 Å². The van der Waals surface area contributed by atoms with Gasteiger partial charge in [0.25, 0.3) is 0 Å². The topological polar surface area (TPSA) is 61.8 Å². The van der Waals surface area contributed by atoms with Crippen molar-refractivity contribution in [1.29, 1.82) is 0 Å². The molecule has 0 aliphatic carbocycles. The van der Waals surface area contributed by atoms with Gasteiger partial charge in [-0.2, -0.15) is 0 Å². The summed E-state index contributed by atoms with van der Waals surface area (Å²) in [5.74, 6) is -0.891. The number of ether oxygens (including phenoxy) is 3. The number of unbranched alkanes of at least 4 members (excludes halogenated alkanes) is 3. The third kappa shape index (κ3) is 6.72. The average Bonchev–Trinajstić information content (AvgIpc) is 2.54. The van der Waals surface area contributed by atoms with Gasteiger partial charge in [-0.05, 0) is 24.6 Å². The molecular formula is C17H24O5. The van der Waals surface area contributed by atoms with Gasteiger partial charge in [0.15, 0.2) is 0 Å². The zero-order valence-electron chi connectivity index (χ0n) is 13.3. The van der Waals surface area contributed by atoms with E-state index in [2.05, 4.69) is 6.92 Å². The van der Waals surface area contributed by atoms with E-state index in [9.17, 15) is 9.59 Å². The lowest BCUT2D eigenvalue weighted by atomic mass is 10.1. The summed E-state index contributed by atoms with van der Waals surface area (Å²) in [6, 6.07) is 6.36. The third-order valence-electron chi connectivity index (χ3n) is 3.09. The van der Waals surface area contributed by atoms with Crippen LogP contribution in [0.15, 0.2) is 24.3 Å². The van der Waals surface area contributed by atoms with Gasteiger partial charge >= 0.3 is 11.9 Å². The molecule has 1 rings (SSSR count). The Labute approximate surface area is 131 Å². The van der Waals surface area contributed by atoms with E-state index in [-0.39, 0.29) is 6.61 Å². The van der Waals surface area contributed by atoms with Crippen LogP contribution in [-0.4, -0.2) is 38.9 Å². The second-order valence-electron chi connectivity index (χ2n) is 4.91. The van der Waals surface area contributed by atoms with Crippen LogP contribution in [0.4, 0.5) is 0 Å². The highest BCUT2D eigenvalue weighted by Gasteiger charge is 2.12. The Balaban J connectivity index is 2.48. The van der Waals surface area contributed by atoms with Crippen LogP contribution in [0.3, 0.4) is 0 Å². The highest BCUT2D eigenvalue weighted by atomic mass is 16.6. The molecule has 0 saturated heterocycles. The molecule has 1 aromatic rings. The Kier molecular flexibility index (Phi) is 8.91. The molecule has 1 aromatic carbocycles. The Bertz CT molecular complexity index is 470. The first-order valence-electron chi connectivity index (χ1n) is 7.62. The fourth-order valence-electron chi connectivity index (χ4n) is 1.85. The Hall–Kier alpha value is -1.88. The van der Waals surface area contributed by atoms with Crippen LogP contribution in [0.25, 0.3) is 0 Å². The second kappa shape index (κ2) is 10.8. The lowest BCUT2D eigenvalue weighted by Crippen LogP contribution is -2.12. The van der Waals surface area contributed by atoms with Crippen molar-refractivity contribution in [2.75, 3.05) is 26.9 Å². The predicted octanol–water partition coefficient (Wildman–Crippen LogP) is 3.23. The number of benzene rings is 1. The molecular weight excluding hydrogens is 284 g/mol. The van der Waals surface area contributed by atoms with Gasteiger partial charge in [0.2, 0.25) is 0 Å². The molecule has 0 amide bonds. The summed E-state index contributed by atoms with van der Waals surface area (Å²) in [7, 11) is 1.53. The highest BCUT2D eigenvalue weighted by Crippen LogP contribution is 2.09. The molecule has 0 unspecified atom stereocenters. The molecule has 0 N–H and O–H groups in total. The summed E-state index contributed by atoms with van der Waals surface area (Å²) in [6.45, 7) is 3.05. The number of hydrogen-bond donors (Lipinski definition) is 0. The van der Waals surface area contributed by atoms with E-state index in [1.807, 2.05) is 0 Å². The minimum absolute atomic E-state index is 0.182. The molecule has 0 aliphatic rings. The number of hydrogen-bond acceptors (Lipinski definition) is 5. The largest absolute Gasteiger partial charge is 0.462 e. The van der Waals surface area contributed by atoms with Crippen molar-refractivity contribution in [3.8, 4) is 0 Å². The Morgan fingerprint density at radius 2 is 1.55 bits per heavy atom. The van der Waals surface area contributed by atoms with Crippen molar-refractivity contribution in [3.05, 3.63) is 35.4 Å². The maximum Gasteiger partial charge on any atom is 0.338 e. The van der Waals surface area contributed by atoms with E-state index < -0.39 is 11.9 Å². The molecule has 0 saturated carbocycles. The molecule has 0 fully saturated rings. The quantitative estimate of drug-likeness (QED) is 0.490. The second-order valence-corrected chi connectivity index (χ2v) is 4.91. The highest BCUT2D eigenvalue weighted by molar-refractivity contribution is 5.95. The Morgan fingerprint density at radius 1 is 0.909 bits per heavy atom. The van der Waals surface area contributed by atoms with Crippen molar-refractivity contribution in [2.45, 2.75) is 32.6 Å². The molecule has 0 spiro atoms. The van der Waals surface area contributed by atoms with Crippen LogP contribution in [0, 0.1) is 0 Å². The summed E-state index contributed by atoms with van der Waals surface area (Å²) in [4.78, 5) is 23.7. The summed E-state index contributed by atoms with van der Waals surface area (Å²) in [6.07, 6.45) is 4.19. The van der Waals surface area contributed by atoms with Gasteiger partial charge in [-0.3, -0.25) is 0 Å². The zero-order valence-corrected chi connectivity index (χ0v) is 13.3. The lowest BCUT2D eigenvalue weighted by molar-refractivity contribution is 0.0388. The number of carbonyl (C=O) groups excluding carboxylic acids is 2. The van der Waals surface area contributed by atoms with Crippen LogP contribution >= 0.6 is 0 Å². The summed E-state index contributed by atoms with van der Waals surface area (Å²) >= 11 is 0. The van der Waals surface area contributed by atoms with Crippen molar-refractivity contribution >= 4 is 11.9 Å². The first-order chi connectivity index (χ1) is 10.7. The number of methoxy groups -OCH3 is 1. The maximum absolute atomic E-state index is 11.9. The fourth-order valence-corrected chi connectivity index (χ4v) is 1.85. The van der Waals surface area contributed by atoms with Gasteiger partial charge in [0, 0.05) is 7.11 Å². The molecule has 5 heteroatoms. The molecule has 22 heavy (non-hydrogen) atoms. The van der Waals surface area contributed by atoms with Gasteiger partial charge < -0.3 is 14.2 Å². The van der Waals surface area contributed by atoms with Crippen LogP contribution in [0.5, 0.6) is 0 Å². The SMILES string of the molecule is CCCCCCOC(=O)c1cccc(C(=O)OCCOC)c1. The van der Waals surface area contributed by atoms with Gasteiger partial charge in [-0.25, -0.2) is 9.59 Å². The van der Waals surface area contributed by atoms with Crippen LogP contribution in [0.2, 0.25) is 0 Å². The van der Waals surface area contributed by atoms with E-state index in [4.69, 9.17) is 14.2 Å². The molecule has 0 radical (unpaired) electrons. The summed E-state index contributed by atoms with van der Waals surface area (Å²) in [5, 5.41) is 0.